The number of anilines is 2. The topological polar surface area (TPSA) is 29.3 Å². The van der Waals surface area contributed by atoms with E-state index >= 15 is 0 Å². The predicted octanol–water partition coefficient (Wildman–Crippen LogP) is 3.03. The quantitative estimate of drug-likeness (QED) is 0.757. The van der Waals surface area contributed by atoms with Gasteiger partial charge in [-0.3, -0.25) is 0 Å². The summed E-state index contributed by atoms with van der Waals surface area (Å²) in [4.78, 5) is 2.06. The summed E-state index contributed by atoms with van der Waals surface area (Å²) in [6.07, 6.45) is 2.04. The highest BCUT2D eigenvalue weighted by Gasteiger charge is 2.09. The van der Waals surface area contributed by atoms with Crippen molar-refractivity contribution in [2.75, 3.05) is 23.7 Å². The van der Waals surface area contributed by atoms with Crippen LogP contribution in [0.3, 0.4) is 0 Å². The molecule has 0 aromatic heterocycles. The van der Waals surface area contributed by atoms with Crippen molar-refractivity contribution in [1.82, 2.24) is 0 Å². The molecule has 0 spiro atoms. The first-order valence-electron chi connectivity index (χ1n) is 5.49. The van der Waals surface area contributed by atoms with E-state index in [2.05, 4.69) is 18.7 Å². The molecule has 0 unspecified atom stereocenters. The molecule has 0 heterocycles. The zero-order chi connectivity index (χ0) is 11.3. The summed E-state index contributed by atoms with van der Waals surface area (Å²) in [5, 5.41) is 0. The molecular weight excluding hydrogens is 191 g/mol. The lowest BCUT2D eigenvalue weighted by Crippen LogP contribution is -2.25. The molecule has 84 valence electrons. The standard InChI is InChI=1S/C12H19FN2/c1-3-7-15(8-4-2)12-6-5-10(14)9-11(12)13/h5-6,9H,3-4,7-8,14H2,1-2H3. The maximum Gasteiger partial charge on any atom is 0.148 e. The van der Waals surface area contributed by atoms with Gasteiger partial charge < -0.3 is 10.6 Å². The van der Waals surface area contributed by atoms with E-state index in [1.54, 1.807) is 12.1 Å². The van der Waals surface area contributed by atoms with Crippen LogP contribution < -0.4 is 10.6 Å². The molecule has 1 aromatic rings. The second-order valence-corrected chi connectivity index (χ2v) is 3.70. The van der Waals surface area contributed by atoms with E-state index in [1.165, 1.54) is 6.07 Å². The molecule has 0 saturated carbocycles. The fourth-order valence-electron chi connectivity index (χ4n) is 1.67. The zero-order valence-electron chi connectivity index (χ0n) is 9.46. The van der Waals surface area contributed by atoms with Gasteiger partial charge in [-0.25, -0.2) is 4.39 Å². The Labute approximate surface area is 90.9 Å². The number of benzene rings is 1. The van der Waals surface area contributed by atoms with Crippen LogP contribution in [0.25, 0.3) is 0 Å². The van der Waals surface area contributed by atoms with Gasteiger partial charge in [0.1, 0.15) is 5.82 Å². The minimum Gasteiger partial charge on any atom is -0.399 e. The van der Waals surface area contributed by atoms with Gasteiger partial charge in [-0.1, -0.05) is 13.8 Å². The van der Waals surface area contributed by atoms with Crippen LogP contribution in [-0.4, -0.2) is 13.1 Å². The molecule has 0 radical (unpaired) electrons. The average Bonchev–Trinajstić information content (AvgIpc) is 2.17. The lowest BCUT2D eigenvalue weighted by atomic mass is 10.2. The number of hydrogen-bond acceptors (Lipinski definition) is 2. The van der Waals surface area contributed by atoms with E-state index in [-0.39, 0.29) is 5.82 Å². The highest BCUT2D eigenvalue weighted by Crippen LogP contribution is 2.21. The average molecular weight is 210 g/mol. The van der Waals surface area contributed by atoms with Crippen molar-refractivity contribution in [1.29, 1.82) is 0 Å². The maximum absolute atomic E-state index is 13.6. The minimum atomic E-state index is -0.225. The molecule has 2 N–H and O–H groups in total. The normalized spacial score (nSPS) is 10.3. The molecule has 0 atom stereocenters. The van der Waals surface area contributed by atoms with Gasteiger partial charge in [0.2, 0.25) is 0 Å². The second-order valence-electron chi connectivity index (χ2n) is 3.70. The first-order chi connectivity index (χ1) is 7.19. The molecule has 1 rings (SSSR count). The van der Waals surface area contributed by atoms with Gasteiger partial charge in [0.05, 0.1) is 5.69 Å². The first kappa shape index (κ1) is 11.8. The number of rotatable bonds is 5. The van der Waals surface area contributed by atoms with Gasteiger partial charge in [-0.2, -0.15) is 0 Å². The maximum atomic E-state index is 13.6. The molecule has 2 nitrogen and oxygen atoms in total. The summed E-state index contributed by atoms with van der Waals surface area (Å²) in [5.41, 5.74) is 6.65. The van der Waals surface area contributed by atoms with E-state index in [0.717, 1.165) is 25.9 Å². The van der Waals surface area contributed by atoms with Crippen molar-refractivity contribution in [2.45, 2.75) is 26.7 Å². The monoisotopic (exact) mass is 210 g/mol. The molecule has 1 aromatic carbocycles. The van der Waals surface area contributed by atoms with E-state index in [1.807, 2.05) is 0 Å². The summed E-state index contributed by atoms with van der Waals surface area (Å²) < 4.78 is 13.6. The van der Waals surface area contributed by atoms with E-state index in [4.69, 9.17) is 5.73 Å². The molecule has 15 heavy (non-hydrogen) atoms. The lowest BCUT2D eigenvalue weighted by Gasteiger charge is -2.24. The molecule has 3 heteroatoms. The van der Waals surface area contributed by atoms with Crippen LogP contribution in [0.5, 0.6) is 0 Å². The summed E-state index contributed by atoms with van der Waals surface area (Å²) >= 11 is 0. The molecule has 0 saturated heterocycles. The number of nitrogens with two attached hydrogens (primary N) is 1. The van der Waals surface area contributed by atoms with Crippen LogP contribution in [0.1, 0.15) is 26.7 Å². The van der Waals surface area contributed by atoms with Crippen molar-refractivity contribution in [3.8, 4) is 0 Å². The largest absolute Gasteiger partial charge is 0.399 e. The number of nitrogens with zero attached hydrogens (tertiary/aromatic N) is 1. The number of nitrogen functional groups attached to an aromatic ring is 1. The molecule has 0 amide bonds. The molecule has 0 fully saturated rings. The fraction of sp³-hybridized carbons (Fsp3) is 0.500. The summed E-state index contributed by atoms with van der Waals surface area (Å²) in [6, 6.07) is 4.89. The molecule has 0 bridgehead atoms. The SMILES string of the molecule is CCCN(CCC)c1ccc(N)cc1F. The third-order valence-corrected chi connectivity index (χ3v) is 2.30. The Morgan fingerprint density at radius 3 is 2.27 bits per heavy atom. The highest BCUT2D eigenvalue weighted by molar-refractivity contribution is 5.54. The van der Waals surface area contributed by atoms with E-state index in [9.17, 15) is 4.39 Å². The third-order valence-electron chi connectivity index (χ3n) is 2.30. The lowest BCUT2D eigenvalue weighted by molar-refractivity contribution is 0.614. The zero-order valence-corrected chi connectivity index (χ0v) is 9.46. The van der Waals surface area contributed by atoms with Crippen molar-refractivity contribution >= 4 is 11.4 Å². The van der Waals surface area contributed by atoms with Gasteiger partial charge in [-0.05, 0) is 31.0 Å². The van der Waals surface area contributed by atoms with Crippen molar-refractivity contribution < 1.29 is 4.39 Å². The second kappa shape index (κ2) is 5.59. The van der Waals surface area contributed by atoms with Crippen molar-refractivity contribution in [3.63, 3.8) is 0 Å². The predicted molar refractivity (Wildman–Crippen MR) is 63.6 cm³/mol. The first-order valence-corrected chi connectivity index (χ1v) is 5.49. The van der Waals surface area contributed by atoms with E-state index < -0.39 is 0 Å². The van der Waals surface area contributed by atoms with Gasteiger partial charge in [0, 0.05) is 18.8 Å². The molecule has 0 aliphatic heterocycles. The Hall–Kier alpha value is -1.25. The minimum absolute atomic E-state index is 0.225. The third kappa shape index (κ3) is 3.11. The Kier molecular flexibility index (Phi) is 4.40. The van der Waals surface area contributed by atoms with Gasteiger partial charge >= 0.3 is 0 Å². The smallest absolute Gasteiger partial charge is 0.148 e. The van der Waals surface area contributed by atoms with Crippen LogP contribution in [-0.2, 0) is 0 Å². The van der Waals surface area contributed by atoms with Crippen molar-refractivity contribution in [3.05, 3.63) is 24.0 Å². The summed E-state index contributed by atoms with van der Waals surface area (Å²) in [5.74, 6) is -0.225. The van der Waals surface area contributed by atoms with Crippen molar-refractivity contribution in [2.24, 2.45) is 0 Å². The van der Waals surface area contributed by atoms with Crippen LogP contribution >= 0.6 is 0 Å². The van der Waals surface area contributed by atoms with E-state index in [0.29, 0.717) is 11.4 Å². The van der Waals surface area contributed by atoms with Crippen LogP contribution in [0, 0.1) is 5.82 Å². The number of halogens is 1. The van der Waals surface area contributed by atoms with Gasteiger partial charge in [-0.15, -0.1) is 0 Å². The fourth-order valence-corrected chi connectivity index (χ4v) is 1.67. The summed E-state index contributed by atoms with van der Waals surface area (Å²) in [6.45, 7) is 5.96. The Morgan fingerprint density at radius 1 is 1.20 bits per heavy atom. The van der Waals surface area contributed by atoms with Gasteiger partial charge in [0.25, 0.3) is 0 Å². The van der Waals surface area contributed by atoms with Gasteiger partial charge in [0.15, 0.2) is 0 Å². The number of hydrogen-bond donors (Lipinski definition) is 1. The molecule has 0 aliphatic rings. The van der Waals surface area contributed by atoms with Crippen LogP contribution in [0.4, 0.5) is 15.8 Å². The Morgan fingerprint density at radius 2 is 1.80 bits per heavy atom. The van der Waals surface area contributed by atoms with Crippen LogP contribution in [0.15, 0.2) is 18.2 Å². The summed E-state index contributed by atoms with van der Waals surface area (Å²) in [7, 11) is 0. The highest BCUT2D eigenvalue weighted by atomic mass is 19.1. The molecular formula is C12H19FN2. The Bertz CT molecular complexity index is 306. The Balaban J connectivity index is 2.89. The van der Waals surface area contributed by atoms with Crippen LogP contribution in [0.2, 0.25) is 0 Å². The molecule has 0 aliphatic carbocycles.